The second kappa shape index (κ2) is 6.11. The van der Waals surface area contributed by atoms with E-state index in [-0.39, 0.29) is 0 Å². The first-order chi connectivity index (χ1) is 7.60. The summed E-state index contributed by atoms with van der Waals surface area (Å²) in [7, 11) is 3.31. The summed E-state index contributed by atoms with van der Waals surface area (Å²) in [4.78, 5) is 0. The molecular formula is C12H18BrNO2. The molecule has 3 nitrogen and oxygen atoms in total. The SMILES string of the molecule is COc1ccc(CNC(C)C)c(OC)c1Br. The van der Waals surface area contributed by atoms with Crippen LogP contribution in [0.2, 0.25) is 0 Å². The van der Waals surface area contributed by atoms with E-state index in [9.17, 15) is 0 Å². The third-order valence-corrected chi connectivity index (χ3v) is 3.02. The number of rotatable bonds is 5. The van der Waals surface area contributed by atoms with Gasteiger partial charge in [-0.25, -0.2) is 0 Å². The molecule has 0 heterocycles. The van der Waals surface area contributed by atoms with Crippen LogP contribution in [0.3, 0.4) is 0 Å². The zero-order valence-corrected chi connectivity index (χ0v) is 11.7. The molecule has 0 aliphatic heterocycles. The zero-order chi connectivity index (χ0) is 12.1. The lowest BCUT2D eigenvalue weighted by molar-refractivity contribution is 0.384. The monoisotopic (exact) mass is 287 g/mol. The predicted molar refractivity (Wildman–Crippen MR) is 69.2 cm³/mol. The Morgan fingerprint density at radius 3 is 2.44 bits per heavy atom. The molecule has 0 amide bonds. The highest BCUT2D eigenvalue weighted by molar-refractivity contribution is 9.10. The van der Waals surface area contributed by atoms with Crippen LogP contribution in [0, 0.1) is 0 Å². The van der Waals surface area contributed by atoms with Crippen LogP contribution < -0.4 is 14.8 Å². The smallest absolute Gasteiger partial charge is 0.141 e. The molecule has 0 atom stereocenters. The number of nitrogens with one attached hydrogen (secondary N) is 1. The van der Waals surface area contributed by atoms with Gasteiger partial charge in [0, 0.05) is 18.2 Å². The van der Waals surface area contributed by atoms with E-state index in [0.717, 1.165) is 28.1 Å². The van der Waals surface area contributed by atoms with Crippen LogP contribution in [-0.4, -0.2) is 20.3 Å². The van der Waals surface area contributed by atoms with Crippen LogP contribution in [0.5, 0.6) is 11.5 Å². The van der Waals surface area contributed by atoms with E-state index in [1.807, 2.05) is 12.1 Å². The minimum Gasteiger partial charge on any atom is -0.495 e. The number of halogens is 1. The molecule has 1 aromatic rings. The van der Waals surface area contributed by atoms with Gasteiger partial charge in [0.25, 0.3) is 0 Å². The molecule has 0 saturated carbocycles. The molecule has 1 aromatic carbocycles. The molecule has 0 fully saturated rings. The summed E-state index contributed by atoms with van der Waals surface area (Å²) in [6.45, 7) is 5.01. The van der Waals surface area contributed by atoms with Crippen LogP contribution >= 0.6 is 15.9 Å². The maximum Gasteiger partial charge on any atom is 0.141 e. The Kier molecular flexibility index (Phi) is 5.09. The summed E-state index contributed by atoms with van der Waals surface area (Å²) in [5.74, 6) is 1.61. The minimum absolute atomic E-state index is 0.450. The molecule has 4 heteroatoms. The molecule has 0 radical (unpaired) electrons. The van der Waals surface area contributed by atoms with E-state index in [1.54, 1.807) is 14.2 Å². The highest BCUT2D eigenvalue weighted by Crippen LogP contribution is 2.37. The van der Waals surface area contributed by atoms with Crippen molar-refractivity contribution in [3.05, 3.63) is 22.2 Å². The maximum absolute atomic E-state index is 5.38. The van der Waals surface area contributed by atoms with E-state index in [1.165, 1.54) is 0 Å². The fraction of sp³-hybridized carbons (Fsp3) is 0.500. The lowest BCUT2D eigenvalue weighted by atomic mass is 10.2. The predicted octanol–water partition coefficient (Wildman–Crippen LogP) is 2.96. The van der Waals surface area contributed by atoms with Gasteiger partial charge in [0.15, 0.2) is 0 Å². The number of hydrogen-bond donors (Lipinski definition) is 1. The van der Waals surface area contributed by atoms with E-state index in [2.05, 4.69) is 35.1 Å². The molecular weight excluding hydrogens is 270 g/mol. The van der Waals surface area contributed by atoms with Crippen molar-refractivity contribution in [2.45, 2.75) is 26.4 Å². The molecule has 0 aliphatic rings. The molecule has 16 heavy (non-hydrogen) atoms. The van der Waals surface area contributed by atoms with Crippen LogP contribution in [0.4, 0.5) is 0 Å². The molecule has 1 N–H and O–H groups in total. The third-order valence-electron chi connectivity index (χ3n) is 2.27. The molecule has 90 valence electrons. The second-order valence-corrected chi connectivity index (χ2v) is 4.60. The normalized spacial score (nSPS) is 10.6. The minimum atomic E-state index is 0.450. The highest BCUT2D eigenvalue weighted by atomic mass is 79.9. The van der Waals surface area contributed by atoms with Crippen LogP contribution in [0.15, 0.2) is 16.6 Å². The van der Waals surface area contributed by atoms with Crippen molar-refractivity contribution in [3.8, 4) is 11.5 Å². The van der Waals surface area contributed by atoms with Crippen molar-refractivity contribution in [2.24, 2.45) is 0 Å². The van der Waals surface area contributed by atoms with Crippen LogP contribution in [-0.2, 0) is 6.54 Å². The van der Waals surface area contributed by atoms with Crippen LogP contribution in [0.1, 0.15) is 19.4 Å². The average Bonchev–Trinajstić information content (AvgIpc) is 2.26. The molecule has 1 rings (SSSR count). The van der Waals surface area contributed by atoms with Gasteiger partial charge in [0.2, 0.25) is 0 Å². The van der Waals surface area contributed by atoms with Gasteiger partial charge in [-0.15, -0.1) is 0 Å². The Hall–Kier alpha value is -0.740. The summed E-state index contributed by atoms with van der Waals surface area (Å²) in [6.07, 6.45) is 0. The van der Waals surface area contributed by atoms with Gasteiger partial charge < -0.3 is 14.8 Å². The van der Waals surface area contributed by atoms with Gasteiger partial charge in [0.05, 0.1) is 14.2 Å². The number of methoxy groups -OCH3 is 2. The van der Waals surface area contributed by atoms with Crippen molar-refractivity contribution in [1.29, 1.82) is 0 Å². The molecule has 0 spiro atoms. The summed E-state index contributed by atoms with van der Waals surface area (Å²) < 4.78 is 11.5. The van der Waals surface area contributed by atoms with Crippen molar-refractivity contribution < 1.29 is 9.47 Å². The van der Waals surface area contributed by atoms with E-state index in [4.69, 9.17) is 9.47 Å². The van der Waals surface area contributed by atoms with Gasteiger partial charge in [0.1, 0.15) is 16.0 Å². The van der Waals surface area contributed by atoms with Crippen LogP contribution in [0.25, 0.3) is 0 Å². The quantitative estimate of drug-likeness (QED) is 0.903. The lowest BCUT2D eigenvalue weighted by Crippen LogP contribution is -2.22. The number of hydrogen-bond acceptors (Lipinski definition) is 3. The summed E-state index contributed by atoms with van der Waals surface area (Å²) in [5, 5.41) is 3.36. The number of benzene rings is 1. The molecule has 0 unspecified atom stereocenters. The Morgan fingerprint density at radius 2 is 1.94 bits per heavy atom. The van der Waals surface area contributed by atoms with Gasteiger partial charge in [-0.2, -0.15) is 0 Å². The molecule has 0 aliphatic carbocycles. The Balaban J connectivity index is 2.96. The highest BCUT2D eigenvalue weighted by Gasteiger charge is 2.12. The number of ether oxygens (including phenoxy) is 2. The summed E-state index contributed by atoms with van der Waals surface area (Å²) >= 11 is 3.48. The van der Waals surface area contributed by atoms with Crippen molar-refractivity contribution in [3.63, 3.8) is 0 Å². The second-order valence-electron chi connectivity index (χ2n) is 3.81. The van der Waals surface area contributed by atoms with E-state index in [0.29, 0.717) is 6.04 Å². The first kappa shape index (κ1) is 13.3. The van der Waals surface area contributed by atoms with Gasteiger partial charge >= 0.3 is 0 Å². The van der Waals surface area contributed by atoms with Crippen molar-refractivity contribution in [2.75, 3.05) is 14.2 Å². The Labute approximate surface area is 105 Å². The molecule has 0 saturated heterocycles. The fourth-order valence-corrected chi connectivity index (χ4v) is 2.12. The fourth-order valence-electron chi connectivity index (χ4n) is 1.41. The van der Waals surface area contributed by atoms with E-state index >= 15 is 0 Å². The van der Waals surface area contributed by atoms with Gasteiger partial charge in [-0.1, -0.05) is 19.9 Å². The zero-order valence-electron chi connectivity index (χ0n) is 10.1. The largest absolute Gasteiger partial charge is 0.495 e. The molecule has 0 aromatic heterocycles. The van der Waals surface area contributed by atoms with Gasteiger partial charge in [-0.05, 0) is 22.0 Å². The average molecular weight is 288 g/mol. The summed E-state index contributed by atoms with van der Waals surface area (Å²) in [5.41, 5.74) is 1.11. The molecule has 0 bridgehead atoms. The third kappa shape index (κ3) is 3.12. The van der Waals surface area contributed by atoms with Crippen molar-refractivity contribution >= 4 is 15.9 Å². The lowest BCUT2D eigenvalue weighted by Gasteiger charge is -2.15. The Bertz CT molecular complexity index is 353. The Morgan fingerprint density at radius 1 is 1.25 bits per heavy atom. The first-order valence-corrected chi connectivity index (χ1v) is 6.02. The summed E-state index contributed by atoms with van der Waals surface area (Å²) in [6, 6.07) is 4.40. The first-order valence-electron chi connectivity index (χ1n) is 5.22. The van der Waals surface area contributed by atoms with Crippen molar-refractivity contribution in [1.82, 2.24) is 5.32 Å². The maximum atomic E-state index is 5.38. The topological polar surface area (TPSA) is 30.5 Å². The standard InChI is InChI=1S/C12H18BrNO2/c1-8(2)14-7-9-5-6-10(15-3)11(13)12(9)16-4/h5-6,8,14H,7H2,1-4H3. The van der Waals surface area contributed by atoms with Gasteiger partial charge in [-0.3, -0.25) is 0 Å². The van der Waals surface area contributed by atoms with E-state index < -0.39 is 0 Å².